The molecule has 27 heavy (non-hydrogen) atoms. The summed E-state index contributed by atoms with van der Waals surface area (Å²) in [6, 6.07) is 0.663. The summed E-state index contributed by atoms with van der Waals surface area (Å²) in [5, 5.41) is 6.51. The van der Waals surface area contributed by atoms with Crippen molar-refractivity contribution in [3.63, 3.8) is 0 Å². The van der Waals surface area contributed by atoms with Crippen molar-refractivity contribution < 1.29 is 9.53 Å². The smallest absolute Gasteiger partial charge is 0.407 e. The molecule has 0 aliphatic carbocycles. The van der Waals surface area contributed by atoms with E-state index >= 15 is 0 Å². The first-order valence-electron chi connectivity index (χ1n) is 10.0. The molecule has 8 heteroatoms. The second-order valence-corrected chi connectivity index (χ2v) is 8.31. The van der Waals surface area contributed by atoms with Gasteiger partial charge < -0.3 is 20.3 Å². The van der Waals surface area contributed by atoms with E-state index in [4.69, 9.17) is 4.74 Å². The number of likely N-dealkylation sites (tertiary alicyclic amines) is 2. The Labute approximate surface area is 181 Å². The lowest BCUT2D eigenvalue weighted by molar-refractivity contribution is 0.0507. The number of nitrogens with zero attached hydrogens (tertiary/aromatic N) is 3. The van der Waals surface area contributed by atoms with Gasteiger partial charge in [0.2, 0.25) is 0 Å². The summed E-state index contributed by atoms with van der Waals surface area (Å²) in [6.07, 6.45) is 4.34. The number of guanidine groups is 1. The van der Waals surface area contributed by atoms with Crippen molar-refractivity contribution in [1.29, 1.82) is 0 Å². The van der Waals surface area contributed by atoms with Crippen molar-refractivity contribution in [3.8, 4) is 0 Å². The minimum absolute atomic E-state index is 0. The van der Waals surface area contributed by atoms with Gasteiger partial charge in [-0.3, -0.25) is 9.89 Å². The number of nitrogens with one attached hydrogen (secondary N) is 2. The summed E-state index contributed by atoms with van der Waals surface area (Å²) >= 11 is 0. The maximum Gasteiger partial charge on any atom is 0.407 e. The SMILES string of the molecule is CCC(CNC(=NC)N1CCC(NC(=O)OC(C)(C)C)C1)N1CCCC1.I. The summed E-state index contributed by atoms with van der Waals surface area (Å²) in [6.45, 7) is 12.9. The molecule has 0 aromatic heterocycles. The standard InChI is InChI=1S/C19H37N5O2.HI/c1-6-16(23-10-7-8-11-23)13-21-17(20-5)24-12-9-15(14-24)22-18(25)26-19(2,3)4;/h15-16H,6-14H2,1-5H3,(H,20,21)(H,22,25);1H. The van der Waals surface area contributed by atoms with Gasteiger partial charge in [-0.25, -0.2) is 4.79 Å². The molecule has 2 fully saturated rings. The first-order chi connectivity index (χ1) is 12.3. The number of halogens is 1. The molecule has 2 aliphatic heterocycles. The largest absolute Gasteiger partial charge is 0.444 e. The fourth-order valence-electron chi connectivity index (χ4n) is 3.72. The minimum atomic E-state index is -0.468. The number of carbonyl (C=O) groups is 1. The van der Waals surface area contributed by atoms with E-state index in [1.54, 1.807) is 0 Å². The van der Waals surface area contributed by atoms with Crippen molar-refractivity contribution in [2.24, 2.45) is 4.99 Å². The molecular weight excluding hydrogens is 457 g/mol. The summed E-state index contributed by atoms with van der Waals surface area (Å²) < 4.78 is 5.35. The quantitative estimate of drug-likeness (QED) is 0.349. The number of hydrogen-bond donors (Lipinski definition) is 2. The first-order valence-corrected chi connectivity index (χ1v) is 10.0. The van der Waals surface area contributed by atoms with Crippen LogP contribution in [0.4, 0.5) is 4.79 Å². The molecule has 0 aromatic rings. The molecule has 2 rings (SSSR count). The molecule has 0 aromatic carbocycles. The molecule has 2 heterocycles. The molecule has 0 saturated carbocycles. The molecule has 0 spiro atoms. The maximum absolute atomic E-state index is 12.0. The molecule has 2 aliphatic rings. The highest BCUT2D eigenvalue weighted by Gasteiger charge is 2.28. The Morgan fingerprint density at radius 2 is 1.93 bits per heavy atom. The summed E-state index contributed by atoms with van der Waals surface area (Å²) in [4.78, 5) is 21.2. The van der Waals surface area contributed by atoms with Crippen molar-refractivity contribution in [3.05, 3.63) is 0 Å². The zero-order valence-corrected chi connectivity index (χ0v) is 19.9. The van der Waals surface area contributed by atoms with Crippen LogP contribution in [-0.4, -0.2) is 79.3 Å². The zero-order chi connectivity index (χ0) is 19.2. The van der Waals surface area contributed by atoms with E-state index in [2.05, 4.69) is 32.3 Å². The van der Waals surface area contributed by atoms with Gasteiger partial charge in [-0.05, 0) is 59.5 Å². The van der Waals surface area contributed by atoms with Crippen LogP contribution in [0, 0.1) is 0 Å². The Kier molecular flexibility index (Phi) is 10.1. The third kappa shape index (κ3) is 8.01. The molecule has 0 radical (unpaired) electrons. The second-order valence-electron chi connectivity index (χ2n) is 8.31. The third-order valence-corrected chi connectivity index (χ3v) is 5.04. The molecule has 2 unspecified atom stereocenters. The molecule has 1 amide bonds. The number of carbonyl (C=O) groups excluding carboxylic acids is 1. The fraction of sp³-hybridized carbons (Fsp3) is 0.895. The van der Waals surface area contributed by atoms with Crippen molar-refractivity contribution in [2.45, 2.75) is 71.1 Å². The van der Waals surface area contributed by atoms with Gasteiger partial charge in [-0.15, -0.1) is 24.0 Å². The van der Waals surface area contributed by atoms with Crippen molar-refractivity contribution in [2.75, 3.05) is 39.8 Å². The van der Waals surface area contributed by atoms with Crippen LogP contribution >= 0.6 is 24.0 Å². The van der Waals surface area contributed by atoms with Gasteiger partial charge in [-0.1, -0.05) is 6.92 Å². The molecule has 2 atom stereocenters. The minimum Gasteiger partial charge on any atom is -0.444 e. The highest BCUT2D eigenvalue weighted by Crippen LogP contribution is 2.15. The Bertz CT molecular complexity index is 489. The van der Waals surface area contributed by atoms with Gasteiger partial charge in [0.15, 0.2) is 5.96 Å². The Morgan fingerprint density at radius 3 is 2.48 bits per heavy atom. The second kappa shape index (κ2) is 11.3. The maximum atomic E-state index is 12.0. The molecule has 158 valence electrons. The highest BCUT2D eigenvalue weighted by molar-refractivity contribution is 14.0. The predicted molar refractivity (Wildman–Crippen MR) is 121 cm³/mol. The number of ether oxygens (including phenoxy) is 1. The number of amides is 1. The van der Waals surface area contributed by atoms with E-state index in [1.807, 2.05) is 27.8 Å². The van der Waals surface area contributed by atoms with Gasteiger partial charge in [0.25, 0.3) is 0 Å². The van der Waals surface area contributed by atoms with Gasteiger partial charge in [0.1, 0.15) is 5.60 Å². The molecule has 2 saturated heterocycles. The van der Waals surface area contributed by atoms with E-state index in [1.165, 1.54) is 25.9 Å². The van der Waals surface area contributed by atoms with Crippen LogP contribution in [0.5, 0.6) is 0 Å². The average molecular weight is 495 g/mol. The van der Waals surface area contributed by atoms with Crippen molar-refractivity contribution in [1.82, 2.24) is 20.4 Å². The monoisotopic (exact) mass is 495 g/mol. The summed E-state index contributed by atoms with van der Waals surface area (Å²) in [7, 11) is 1.83. The van der Waals surface area contributed by atoms with E-state index in [9.17, 15) is 4.79 Å². The van der Waals surface area contributed by atoms with Crippen LogP contribution in [0.1, 0.15) is 53.4 Å². The van der Waals surface area contributed by atoms with Gasteiger partial charge in [0, 0.05) is 32.7 Å². The van der Waals surface area contributed by atoms with Crippen LogP contribution in [0.2, 0.25) is 0 Å². The fourth-order valence-corrected chi connectivity index (χ4v) is 3.72. The van der Waals surface area contributed by atoms with Crippen LogP contribution < -0.4 is 10.6 Å². The first kappa shape index (κ1) is 24.3. The number of alkyl carbamates (subject to hydrolysis) is 1. The zero-order valence-electron chi connectivity index (χ0n) is 17.6. The van der Waals surface area contributed by atoms with Crippen LogP contribution in [-0.2, 0) is 4.74 Å². The van der Waals surface area contributed by atoms with E-state index in [-0.39, 0.29) is 36.1 Å². The van der Waals surface area contributed by atoms with Crippen molar-refractivity contribution >= 4 is 36.0 Å². The normalized spacial score (nSPS) is 22.3. The van der Waals surface area contributed by atoms with Gasteiger partial charge in [0.05, 0.1) is 6.04 Å². The van der Waals surface area contributed by atoms with E-state index in [0.29, 0.717) is 6.04 Å². The third-order valence-electron chi connectivity index (χ3n) is 5.04. The lowest BCUT2D eigenvalue weighted by Crippen LogP contribution is -2.48. The molecular formula is C19H38IN5O2. The van der Waals surface area contributed by atoms with Gasteiger partial charge in [-0.2, -0.15) is 0 Å². The Morgan fingerprint density at radius 1 is 1.26 bits per heavy atom. The highest BCUT2D eigenvalue weighted by atomic mass is 127. The topological polar surface area (TPSA) is 69.2 Å². The lowest BCUT2D eigenvalue weighted by atomic mass is 10.2. The Hall–Kier alpha value is -0.770. The lowest BCUT2D eigenvalue weighted by Gasteiger charge is -2.29. The summed E-state index contributed by atoms with van der Waals surface area (Å²) in [5.41, 5.74) is -0.468. The average Bonchev–Trinajstić information content (AvgIpc) is 3.22. The number of aliphatic imine (C=N–C) groups is 1. The molecule has 0 bridgehead atoms. The van der Waals surface area contributed by atoms with Crippen LogP contribution in [0.15, 0.2) is 4.99 Å². The van der Waals surface area contributed by atoms with Crippen LogP contribution in [0.25, 0.3) is 0 Å². The number of hydrogen-bond acceptors (Lipinski definition) is 4. The Balaban J connectivity index is 0.00000364. The predicted octanol–water partition coefficient (Wildman–Crippen LogP) is 2.65. The number of rotatable bonds is 5. The van der Waals surface area contributed by atoms with Gasteiger partial charge >= 0.3 is 6.09 Å². The van der Waals surface area contributed by atoms with E-state index in [0.717, 1.165) is 38.4 Å². The summed E-state index contributed by atoms with van der Waals surface area (Å²) in [5.74, 6) is 0.927. The molecule has 7 nitrogen and oxygen atoms in total. The molecule has 2 N–H and O–H groups in total. The van der Waals surface area contributed by atoms with E-state index < -0.39 is 5.60 Å². The van der Waals surface area contributed by atoms with Crippen LogP contribution in [0.3, 0.4) is 0 Å².